The van der Waals surface area contributed by atoms with Gasteiger partial charge in [0.1, 0.15) is 0 Å². The number of carbonyl (C=O) groups is 1. The molecule has 10 heteroatoms. The van der Waals surface area contributed by atoms with Crippen molar-refractivity contribution in [1.29, 1.82) is 0 Å². The molecule has 0 spiro atoms. The maximum atomic E-state index is 12.0. The summed E-state index contributed by atoms with van der Waals surface area (Å²) in [7, 11) is 1.39. The molecule has 1 aromatic rings. The lowest BCUT2D eigenvalue weighted by Gasteiger charge is -2.38. The van der Waals surface area contributed by atoms with Crippen LogP contribution in [0.25, 0.3) is 0 Å². The zero-order valence-corrected chi connectivity index (χ0v) is 25.0. The van der Waals surface area contributed by atoms with Gasteiger partial charge in [-0.05, 0) is 44.4 Å². The Balaban J connectivity index is 1.47. The number of rotatable bonds is 6. The summed E-state index contributed by atoms with van der Waals surface area (Å²) in [6.45, 7) is 4.32. The summed E-state index contributed by atoms with van der Waals surface area (Å²) >= 11 is 0. The number of nitrogens with one attached hydrogen (secondary N) is 1. The Morgan fingerprint density at radius 1 is 1.00 bits per heavy atom. The molecular formula is C32H46N4O6. The highest BCUT2D eigenvalue weighted by molar-refractivity contribution is 5.82. The highest BCUT2D eigenvalue weighted by atomic mass is 16.6. The number of methoxy groups -OCH3 is 1. The molecule has 0 saturated carbocycles. The van der Waals surface area contributed by atoms with Crippen LogP contribution in [-0.4, -0.2) is 75.6 Å². The number of ether oxygens (including phenoxy) is 4. The summed E-state index contributed by atoms with van der Waals surface area (Å²) in [6.07, 6.45) is 23.3. The van der Waals surface area contributed by atoms with Gasteiger partial charge in [-0.2, -0.15) is 5.21 Å². The third-order valence-corrected chi connectivity index (χ3v) is 7.99. The lowest BCUT2D eigenvalue weighted by Crippen LogP contribution is -2.38. The smallest absolute Gasteiger partial charge is 0.330 e. The minimum absolute atomic E-state index is 0.0308. The number of esters is 1. The summed E-state index contributed by atoms with van der Waals surface area (Å²) in [5.41, 5.74) is 0.975. The van der Waals surface area contributed by atoms with Crippen LogP contribution < -0.4 is 0 Å². The third kappa shape index (κ3) is 10.7. The predicted molar refractivity (Wildman–Crippen MR) is 158 cm³/mol. The molecule has 0 radical (unpaired) electrons. The largest absolute Gasteiger partial charge is 0.466 e. The number of aromatic nitrogens is 4. The molecule has 42 heavy (non-hydrogen) atoms. The molecule has 8 atom stereocenters. The number of allylic oxidation sites excluding steroid dienone is 6. The van der Waals surface area contributed by atoms with Gasteiger partial charge < -0.3 is 24.1 Å². The van der Waals surface area contributed by atoms with E-state index in [1.165, 1.54) is 7.11 Å². The van der Waals surface area contributed by atoms with Crippen LogP contribution in [-0.2, 0) is 30.2 Å². The molecule has 1 aromatic heterocycles. The number of aliphatic hydroxyl groups is 1. The van der Waals surface area contributed by atoms with Gasteiger partial charge >= 0.3 is 5.97 Å². The van der Waals surface area contributed by atoms with E-state index in [-0.39, 0.29) is 42.4 Å². The molecule has 4 bridgehead atoms. The molecule has 0 amide bonds. The molecule has 0 aliphatic carbocycles. The van der Waals surface area contributed by atoms with Crippen molar-refractivity contribution < 1.29 is 28.8 Å². The van der Waals surface area contributed by atoms with Gasteiger partial charge in [0.15, 0.2) is 12.1 Å². The fraction of sp³-hybridized carbons (Fsp3) is 0.625. The maximum Gasteiger partial charge on any atom is 0.330 e. The van der Waals surface area contributed by atoms with Crippen LogP contribution in [0.2, 0.25) is 0 Å². The Kier molecular flexibility index (Phi) is 12.7. The third-order valence-electron chi connectivity index (χ3n) is 7.99. The van der Waals surface area contributed by atoms with E-state index in [0.717, 1.165) is 37.7 Å². The van der Waals surface area contributed by atoms with Gasteiger partial charge in [-0.3, -0.25) is 0 Å². The van der Waals surface area contributed by atoms with Crippen molar-refractivity contribution in [1.82, 2.24) is 20.6 Å². The number of hydrogen-bond acceptors (Lipinski definition) is 9. The van der Waals surface area contributed by atoms with E-state index >= 15 is 0 Å². The van der Waals surface area contributed by atoms with E-state index in [1.54, 1.807) is 6.08 Å². The highest BCUT2D eigenvalue weighted by Crippen LogP contribution is 2.34. The standard InChI is InChI=1S/C32H46N4O6/c1-22-14-15-23(2)29(12-7-5-4-6-8-13-30-33-35-36-34-30)42-32(38)21-28-18-24(19-31(37)39-3)17-27(41-28)20-26-11-9-10-25(16-22)40-26/h4-8,12,14-15,19,22-23,25-29,32,38H,9-11,13,16-18,20-21H2,1-3H3,(H,33,34,35,36)/b5-4-,8-6+,12-7+,15-14+,24-19-. The van der Waals surface area contributed by atoms with Crippen molar-refractivity contribution in [2.24, 2.45) is 11.8 Å². The summed E-state index contributed by atoms with van der Waals surface area (Å²) in [6, 6.07) is 0. The number of hydrogen-bond donors (Lipinski definition) is 2. The van der Waals surface area contributed by atoms with Crippen molar-refractivity contribution in [3.05, 3.63) is 66.1 Å². The zero-order valence-electron chi connectivity index (χ0n) is 25.0. The Hall–Kier alpha value is -2.92. The first-order valence-electron chi connectivity index (χ1n) is 15.2. The summed E-state index contributed by atoms with van der Waals surface area (Å²) in [5, 5.41) is 24.9. The van der Waals surface area contributed by atoms with E-state index in [1.807, 2.05) is 36.5 Å². The first-order valence-corrected chi connectivity index (χ1v) is 15.2. The molecule has 3 aliphatic rings. The minimum Gasteiger partial charge on any atom is -0.466 e. The molecular weight excluding hydrogens is 536 g/mol. The SMILES string of the molecule is COC(=O)/C=C1\CC2CC(O)OC(/C=C/C=C\C=C\Cc3nn[nH]n3)C(C)/C=C/C(C)CC3CCCC(CC(C1)O2)O3. The van der Waals surface area contributed by atoms with Gasteiger partial charge in [-0.15, -0.1) is 10.2 Å². The number of aromatic amines is 1. The van der Waals surface area contributed by atoms with Gasteiger partial charge in [-0.25, -0.2) is 4.79 Å². The Bertz CT molecular complexity index is 1110. The quantitative estimate of drug-likeness (QED) is 0.212. The van der Waals surface area contributed by atoms with Crippen LogP contribution in [0, 0.1) is 11.8 Å². The van der Waals surface area contributed by atoms with Crippen LogP contribution in [0.15, 0.2) is 60.3 Å². The average Bonchev–Trinajstić information content (AvgIpc) is 3.48. The van der Waals surface area contributed by atoms with Crippen molar-refractivity contribution in [2.45, 2.75) is 108 Å². The first kappa shape index (κ1) is 32.0. The van der Waals surface area contributed by atoms with Crippen LogP contribution in [0.4, 0.5) is 0 Å². The fourth-order valence-electron chi connectivity index (χ4n) is 5.88. The van der Waals surface area contributed by atoms with Crippen LogP contribution in [0.5, 0.6) is 0 Å². The number of H-pyrrole nitrogens is 1. The summed E-state index contributed by atoms with van der Waals surface area (Å²) in [5.74, 6) is 0.653. The summed E-state index contributed by atoms with van der Waals surface area (Å²) < 4.78 is 24.1. The van der Waals surface area contributed by atoms with Crippen molar-refractivity contribution in [2.75, 3.05) is 7.11 Å². The molecule has 10 nitrogen and oxygen atoms in total. The minimum atomic E-state index is -1.03. The van der Waals surface area contributed by atoms with Gasteiger partial charge in [0.2, 0.25) is 0 Å². The fourth-order valence-corrected chi connectivity index (χ4v) is 5.88. The normalized spacial score (nSPS) is 35.2. The number of fused-ring (bicyclic) bond motifs is 4. The number of nitrogens with zero attached hydrogens (tertiary/aromatic N) is 3. The van der Waals surface area contributed by atoms with Gasteiger partial charge in [-0.1, -0.05) is 73.2 Å². The summed E-state index contributed by atoms with van der Waals surface area (Å²) in [4.78, 5) is 12.0. The van der Waals surface area contributed by atoms with Gasteiger partial charge in [0, 0.05) is 31.3 Å². The Morgan fingerprint density at radius 2 is 1.74 bits per heavy atom. The zero-order chi connectivity index (χ0) is 29.7. The van der Waals surface area contributed by atoms with Crippen LogP contribution >= 0.6 is 0 Å². The maximum absolute atomic E-state index is 12.0. The van der Waals surface area contributed by atoms with E-state index < -0.39 is 6.29 Å². The van der Waals surface area contributed by atoms with Crippen LogP contribution in [0.3, 0.4) is 0 Å². The average molecular weight is 583 g/mol. The number of carbonyl (C=O) groups excluding carboxylic acids is 1. The molecule has 0 aromatic carbocycles. The van der Waals surface area contributed by atoms with Crippen LogP contribution in [0.1, 0.15) is 71.0 Å². The lowest BCUT2D eigenvalue weighted by molar-refractivity contribution is -0.165. The van der Waals surface area contributed by atoms with Crippen molar-refractivity contribution in [3.8, 4) is 0 Å². The lowest BCUT2D eigenvalue weighted by atomic mass is 9.89. The molecule has 4 heterocycles. The number of aliphatic hydroxyl groups excluding tert-OH is 1. The topological polar surface area (TPSA) is 129 Å². The Morgan fingerprint density at radius 3 is 2.50 bits per heavy atom. The molecule has 2 fully saturated rings. The second-order valence-electron chi connectivity index (χ2n) is 11.6. The van der Waals surface area contributed by atoms with E-state index in [4.69, 9.17) is 18.9 Å². The van der Waals surface area contributed by atoms with E-state index in [9.17, 15) is 9.90 Å². The van der Waals surface area contributed by atoms with Gasteiger partial charge in [0.25, 0.3) is 0 Å². The van der Waals surface area contributed by atoms with E-state index in [0.29, 0.717) is 37.4 Å². The molecule has 2 N–H and O–H groups in total. The molecule has 2 saturated heterocycles. The number of tetrazole rings is 1. The molecule has 3 aliphatic heterocycles. The second-order valence-corrected chi connectivity index (χ2v) is 11.6. The molecule has 230 valence electrons. The van der Waals surface area contributed by atoms with Gasteiger partial charge in [0.05, 0.1) is 37.6 Å². The molecule has 4 rings (SSSR count). The first-order chi connectivity index (χ1) is 20.4. The second kappa shape index (κ2) is 16.6. The van der Waals surface area contributed by atoms with Crippen molar-refractivity contribution >= 4 is 5.97 Å². The monoisotopic (exact) mass is 582 g/mol. The highest BCUT2D eigenvalue weighted by Gasteiger charge is 2.33. The van der Waals surface area contributed by atoms with Crippen molar-refractivity contribution in [3.63, 3.8) is 0 Å². The molecule has 8 unspecified atom stereocenters. The predicted octanol–water partition coefficient (Wildman–Crippen LogP) is 4.71. The Labute approximate surface area is 248 Å². The van der Waals surface area contributed by atoms with E-state index in [2.05, 4.69) is 46.6 Å².